The Balaban J connectivity index is 2.18. The van der Waals surface area contributed by atoms with Crippen LogP contribution in [0.3, 0.4) is 0 Å². The number of rotatable bonds is 4. The molecule has 0 aliphatic heterocycles. The summed E-state index contributed by atoms with van der Waals surface area (Å²) in [5.74, 6) is -0.303. The van der Waals surface area contributed by atoms with Crippen LogP contribution in [-0.4, -0.2) is 27.5 Å². The van der Waals surface area contributed by atoms with Crippen LogP contribution in [0.4, 0.5) is 16.5 Å². The van der Waals surface area contributed by atoms with Gasteiger partial charge in [-0.1, -0.05) is 23.1 Å². The van der Waals surface area contributed by atoms with Crippen molar-refractivity contribution in [2.45, 2.75) is 11.3 Å². The predicted octanol–water partition coefficient (Wildman–Crippen LogP) is 3.34. The molecule has 1 aromatic carbocycles. The van der Waals surface area contributed by atoms with Gasteiger partial charge in [-0.05, 0) is 24.5 Å². The van der Waals surface area contributed by atoms with Crippen molar-refractivity contribution in [2.24, 2.45) is 10.2 Å². The second kappa shape index (κ2) is 6.44. The molecule has 0 unspecified atom stereocenters. The number of aromatic nitrogens is 2. The van der Waals surface area contributed by atoms with Crippen molar-refractivity contribution in [3.63, 3.8) is 0 Å². The van der Waals surface area contributed by atoms with E-state index in [1.807, 2.05) is 6.26 Å². The average Bonchev–Trinajstić information content (AvgIpc) is 2.87. The first kappa shape index (κ1) is 14.4. The third kappa shape index (κ3) is 3.75. The summed E-state index contributed by atoms with van der Waals surface area (Å²) in [6, 6.07) is 4.55. The van der Waals surface area contributed by atoms with Crippen LogP contribution in [0.15, 0.2) is 32.8 Å². The molecule has 104 valence electrons. The van der Waals surface area contributed by atoms with Gasteiger partial charge in [0.25, 0.3) is 5.13 Å². The number of azo groups is 1. The standard InChI is InChI=1S/C11H11N5O2S2/c1-6(17)12-8-5-7(3-4-9(8)18)13-14-10-15-16-11(19-2)20-10/h3-5,18H,1-2H3,(H,12,17)/b14-13+. The predicted molar refractivity (Wildman–Crippen MR) is 78.3 cm³/mol. The van der Waals surface area contributed by atoms with Crippen LogP contribution in [0.5, 0.6) is 5.75 Å². The largest absolute Gasteiger partial charge is 0.506 e. The Morgan fingerprint density at radius 1 is 1.40 bits per heavy atom. The molecule has 9 heteroatoms. The summed E-state index contributed by atoms with van der Waals surface area (Å²) < 4.78 is 0.809. The molecular weight excluding hydrogens is 298 g/mol. The zero-order chi connectivity index (χ0) is 14.5. The fraction of sp³-hybridized carbons (Fsp3) is 0.182. The fourth-order valence-corrected chi connectivity index (χ4v) is 2.38. The Morgan fingerprint density at radius 3 is 2.85 bits per heavy atom. The molecule has 20 heavy (non-hydrogen) atoms. The van der Waals surface area contributed by atoms with E-state index in [0.717, 1.165) is 4.34 Å². The van der Waals surface area contributed by atoms with E-state index in [1.54, 1.807) is 6.07 Å². The van der Waals surface area contributed by atoms with Crippen LogP contribution in [0.1, 0.15) is 6.92 Å². The maximum Gasteiger partial charge on any atom is 0.252 e. The second-order valence-corrected chi connectivity index (χ2v) is 5.65. The minimum atomic E-state index is -0.275. The Bertz CT molecular complexity index is 656. The number of amides is 1. The van der Waals surface area contributed by atoms with Crippen LogP contribution in [0.2, 0.25) is 0 Å². The molecule has 0 aliphatic carbocycles. The number of aromatic hydroxyl groups is 1. The molecule has 0 fully saturated rings. The molecule has 2 rings (SSSR count). The molecule has 0 atom stereocenters. The number of anilines is 1. The molecular formula is C11H11N5O2S2. The van der Waals surface area contributed by atoms with Gasteiger partial charge < -0.3 is 10.4 Å². The molecule has 7 nitrogen and oxygen atoms in total. The third-order valence-electron chi connectivity index (χ3n) is 2.11. The number of nitrogens with one attached hydrogen (secondary N) is 1. The molecule has 2 N–H and O–H groups in total. The van der Waals surface area contributed by atoms with Crippen LogP contribution < -0.4 is 5.32 Å². The second-order valence-electron chi connectivity index (χ2n) is 3.64. The first-order valence-electron chi connectivity index (χ1n) is 5.48. The number of thioether (sulfide) groups is 1. The van der Waals surface area contributed by atoms with E-state index in [9.17, 15) is 9.90 Å². The van der Waals surface area contributed by atoms with E-state index in [1.165, 1.54) is 42.2 Å². The monoisotopic (exact) mass is 309 g/mol. The van der Waals surface area contributed by atoms with Gasteiger partial charge >= 0.3 is 0 Å². The summed E-state index contributed by atoms with van der Waals surface area (Å²) >= 11 is 2.82. The van der Waals surface area contributed by atoms with Crippen molar-refractivity contribution < 1.29 is 9.90 Å². The van der Waals surface area contributed by atoms with Crippen LogP contribution in [0.25, 0.3) is 0 Å². The van der Waals surface area contributed by atoms with Crippen molar-refractivity contribution in [2.75, 3.05) is 11.6 Å². The number of carbonyl (C=O) groups is 1. The topological polar surface area (TPSA) is 99.8 Å². The Morgan fingerprint density at radius 2 is 2.20 bits per heavy atom. The molecule has 1 aromatic heterocycles. The van der Waals surface area contributed by atoms with Crippen molar-refractivity contribution in [3.05, 3.63) is 18.2 Å². The lowest BCUT2D eigenvalue weighted by molar-refractivity contribution is -0.114. The molecule has 0 saturated heterocycles. The number of carbonyl (C=O) groups excluding carboxylic acids is 1. The SMILES string of the molecule is CSc1nnc(/N=N/c2ccc(O)c(NC(C)=O)c2)s1. The van der Waals surface area contributed by atoms with E-state index in [0.29, 0.717) is 10.8 Å². The normalized spacial score (nSPS) is 10.9. The highest BCUT2D eigenvalue weighted by molar-refractivity contribution is 8.00. The summed E-state index contributed by atoms with van der Waals surface area (Å²) in [6.45, 7) is 1.36. The number of hydrogen-bond acceptors (Lipinski definition) is 8. The first-order chi connectivity index (χ1) is 9.58. The van der Waals surface area contributed by atoms with E-state index in [2.05, 4.69) is 25.7 Å². The fourth-order valence-electron chi connectivity index (χ4n) is 1.30. The molecule has 1 amide bonds. The van der Waals surface area contributed by atoms with Crippen LogP contribution >= 0.6 is 23.1 Å². The summed E-state index contributed by atoms with van der Waals surface area (Å²) in [5, 5.41) is 28.3. The lowest BCUT2D eigenvalue weighted by Crippen LogP contribution is -2.05. The van der Waals surface area contributed by atoms with Gasteiger partial charge in [-0.25, -0.2) is 0 Å². The van der Waals surface area contributed by atoms with E-state index in [-0.39, 0.29) is 17.3 Å². The van der Waals surface area contributed by atoms with Gasteiger partial charge in [-0.3, -0.25) is 4.79 Å². The lowest BCUT2D eigenvalue weighted by atomic mass is 10.2. The summed E-state index contributed by atoms with van der Waals surface area (Å²) in [7, 11) is 0. The Labute approximate surface area is 123 Å². The maximum absolute atomic E-state index is 11.0. The van der Waals surface area contributed by atoms with E-state index < -0.39 is 0 Å². The molecule has 0 radical (unpaired) electrons. The van der Waals surface area contributed by atoms with Gasteiger partial charge in [-0.2, -0.15) is 0 Å². The number of hydrogen-bond donors (Lipinski definition) is 2. The zero-order valence-corrected chi connectivity index (χ0v) is 12.3. The van der Waals surface area contributed by atoms with Gasteiger partial charge in [0.15, 0.2) is 4.34 Å². The number of phenolic OH excluding ortho intramolecular Hbond substituents is 1. The van der Waals surface area contributed by atoms with Crippen molar-refractivity contribution in [1.29, 1.82) is 0 Å². The number of benzene rings is 1. The molecule has 0 bridgehead atoms. The smallest absolute Gasteiger partial charge is 0.252 e. The van der Waals surface area contributed by atoms with E-state index in [4.69, 9.17) is 0 Å². The molecule has 2 aromatic rings. The van der Waals surface area contributed by atoms with Gasteiger partial charge in [0.05, 0.1) is 11.4 Å². The summed E-state index contributed by atoms with van der Waals surface area (Å²) in [4.78, 5) is 11.0. The summed E-state index contributed by atoms with van der Waals surface area (Å²) in [6.07, 6.45) is 1.90. The highest BCUT2D eigenvalue weighted by atomic mass is 32.2. The van der Waals surface area contributed by atoms with Crippen molar-refractivity contribution >= 4 is 45.5 Å². The third-order valence-corrected chi connectivity index (χ3v) is 3.90. The first-order valence-corrected chi connectivity index (χ1v) is 7.52. The Kier molecular flexibility index (Phi) is 4.64. The van der Waals surface area contributed by atoms with Gasteiger partial charge in [-0.15, -0.1) is 20.4 Å². The lowest BCUT2D eigenvalue weighted by Gasteiger charge is -2.04. The molecule has 1 heterocycles. The molecule has 0 spiro atoms. The minimum Gasteiger partial charge on any atom is -0.506 e. The zero-order valence-electron chi connectivity index (χ0n) is 10.7. The van der Waals surface area contributed by atoms with Gasteiger partial charge in [0.2, 0.25) is 5.91 Å². The van der Waals surface area contributed by atoms with Gasteiger partial charge in [0.1, 0.15) is 5.75 Å². The van der Waals surface area contributed by atoms with Crippen LogP contribution in [-0.2, 0) is 4.79 Å². The number of phenols is 1. The van der Waals surface area contributed by atoms with E-state index >= 15 is 0 Å². The van der Waals surface area contributed by atoms with Crippen molar-refractivity contribution in [1.82, 2.24) is 10.2 Å². The average molecular weight is 309 g/mol. The Hall–Kier alpha value is -2.00. The molecule has 0 saturated carbocycles. The maximum atomic E-state index is 11.0. The molecule has 0 aliphatic rings. The number of nitrogens with zero attached hydrogens (tertiary/aromatic N) is 4. The van der Waals surface area contributed by atoms with Crippen molar-refractivity contribution in [3.8, 4) is 5.75 Å². The highest BCUT2D eigenvalue weighted by Gasteiger charge is 2.05. The van der Waals surface area contributed by atoms with Crippen LogP contribution in [0, 0.1) is 0 Å². The summed E-state index contributed by atoms with van der Waals surface area (Å²) in [5.41, 5.74) is 0.781. The highest BCUT2D eigenvalue weighted by Crippen LogP contribution is 2.30. The quantitative estimate of drug-likeness (QED) is 0.512. The minimum absolute atomic E-state index is 0.0280. The van der Waals surface area contributed by atoms with Gasteiger partial charge in [0, 0.05) is 6.92 Å².